The lowest BCUT2D eigenvalue weighted by molar-refractivity contribution is -0.126. The summed E-state index contributed by atoms with van der Waals surface area (Å²) in [6.07, 6.45) is 1.85. The lowest BCUT2D eigenvalue weighted by Gasteiger charge is -2.30. The number of nitrogens with one attached hydrogen (secondary N) is 1. The standard InChI is InChI=1S/C22H25FN4O2S2/c23-18-7-2-1-5-17(18)15-30-12-9-24-22(28)16-6-3-10-27(13-16)14-20-25-21(26-29-20)19-8-4-11-31-19/h1-2,4-5,7-8,11,16H,3,6,9-10,12-15H2,(H,24,28). The van der Waals surface area contributed by atoms with Crippen molar-refractivity contribution in [3.63, 3.8) is 0 Å². The van der Waals surface area contributed by atoms with Crippen molar-refractivity contribution < 1.29 is 13.7 Å². The van der Waals surface area contributed by atoms with Crippen LogP contribution < -0.4 is 5.32 Å². The van der Waals surface area contributed by atoms with E-state index < -0.39 is 0 Å². The Labute approximate surface area is 189 Å². The van der Waals surface area contributed by atoms with E-state index in [0.717, 1.165) is 30.0 Å². The van der Waals surface area contributed by atoms with Gasteiger partial charge in [0.25, 0.3) is 0 Å². The predicted octanol–water partition coefficient (Wildman–Crippen LogP) is 4.20. The number of hydrogen-bond donors (Lipinski definition) is 1. The van der Waals surface area contributed by atoms with Crippen molar-refractivity contribution in [3.8, 4) is 10.7 Å². The van der Waals surface area contributed by atoms with Crippen LogP contribution in [0.2, 0.25) is 0 Å². The molecule has 1 aliphatic rings. The van der Waals surface area contributed by atoms with Crippen LogP contribution in [-0.2, 0) is 17.1 Å². The molecule has 0 radical (unpaired) electrons. The van der Waals surface area contributed by atoms with Crippen LogP contribution in [0.15, 0.2) is 46.3 Å². The number of hydrogen-bond acceptors (Lipinski definition) is 7. The molecule has 2 aromatic heterocycles. The molecule has 0 aliphatic carbocycles. The number of likely N-dealkylation sites (tertiary alicyclic amines) is 1. The Hall–Kier alpha value is -2.23. The number of halogens is 1. The summed E-state index contributed by atoms with van der Waals surface area (Å²) in [4.78, 5) is 20.3. The zero-order valence-electron chi connectivity index (χ0n) is 17.1. The molecule has 31 heavy (non-hydrogen) atoms. The number of aromatic nitrogens is 2. The highest BCUT2D eigenvalue weighted by Crippen LogP contribution is 2.23. The lowest BCUT2D eigenvalue weighted by Crippen LogP contribution is -2.43. The van der Waals surface area contributed by atoms with E-state index in [1.165, 1.54) is 6.07 Å². The van der Waals surface area contributed by atoms with Gasteiger partial charge in [-0.25, -0.2) is 4.39 Å². The molecule has 1 atom stereocenters. The molecule has 0 saturated carbocycles. The van der Waals surface area contributed by atoms with Gasteiger partial charge in [0, 0.05) is 24.6 Å². The van der Waals surface area contributed by atoms with E-state index in [1.807, 2.05) is 23.6 Å². The summed E-state index contributed by atoms with van der Waals surface area (Å²) in [5, 5.41) is 9.07. The minimum absolute atomic E-state index is 0.0370. The Morgan fingerprint density at radius 1 is 1.32 bits per heavy atom. The quantitative estimate of drug-likeness (QED) is 0.483. The Morgan fingerprint density at radius 2 is 2.23 bits per heavy atom. The molecule has 1 aromatic carbocycles. The number of carbonyl (C=O) groups excluding carboxylic acids is 1. The Balaban J connectivity index is 1.18. The SMILES string of the molecule is O=C(NCCSCc1ccccc1F)C1CCCN(Cc2nc(-c3cccs3)no2)C1. The second-order valence-corrected chi connectivity index (χ2v) is 9.55. The van der Waals surface area contributed by atoms with Crippen LogP contribution in [0.25, 0.3) is 10.7 Å². The fourth-order valence-electron chi connectivity index (χ4n) is 3.62. The van der Waals surface area contributed by atoms with Gasteiger partial charge in [-0.3, -0.25) is 9.69 Å². The zero-order valence-corrected chi connectivity index (χ0v) is 18.8. The highest BCUT2D eigenvalue weighted by molar-refractivity contribution is 7.98. The second kappa shape index (κ2) is 10.9. The Bertz CT molecular complexity index is 980. The fourth-order valence-corrected chi connectivity index (χ4v) is 5.11. The number of benzene rings is 1. The average Bonchev–Trinajstić information content (AvgIpc) is 3.47. The van der Waals surface area contributed by atoms with Gasteiger partial charge in [0.05, 0.1) is 17.3 Å². The van der Waals surface area contributed by atoms with Crippen LogP contribution in [-0.4, -0.2) is 46.3 Å². The largest absolute Gasteiger partial charge is 0.355 e. The third-order valence-corrected chi connectivity index (χ3v) is 7.08. The van der Waals surface area contributed by atoms with E-state index in [0.29, 0.717) is 42.7 Å². The molecule has 0 spiro atoms. The monoisotopic (exact) mass is 460 g/mol. The molecule has 1 unspecified atom stereocenters. The van der Waals surface area contributed by atoms with Gasteiger partial charge < -0.3 is 9.84 Å². The van der Waals surface area contributed by atoms with Crippen LogP contribution in [0.3, 0.4) is 0 Å². The first-order valence-corrected chi connectivity index (χ1v) is 12.4. The molecule has 4 rings (SSSR count). The number of carbonyl (C=O) groups is 1. The molecular weight excluding hydrogens is 435 g/mol. The van der Waals surface area contributed by atoms with Crippen LogP contribution >= 0.6 is 23.1 Å². The molecule has 0 bridgehead atoms. The first-order valence-electron chi connectivity index (χ1n) is 10.4. The van der Waals surface area contributed by atoms with Gasteiger partial charge in [0.15, 0.2) is 0 Å². The summed E-state index contributed by atoms with van der Waals surface area (Å²) < 4.78 is 19.0. The maximum Gasteiger partial charge on any atom is 0.241 e. The van der Waals surface area contributed by atoms with Crippen LogP contribution in [0.1, 0.15) is 24.3 Å². The number of thiophene rings is 1. The zero-order chi connectivity index (χ0) is 21.5. The molecule has 6 nitrogen and oxygen atoms in total. The summed E-state index contributed by atoms with van der Waals surface area (Å²) in [5.41, 5.74) is 0.699. The maximum atomic E-state index is 13.6. The van der Waals surface area contributed by atoms with E-state index >= 15 is 0 Å². The van der Waals surface area contributed by atoms with E-state index in [-0.39, 0.29) is 17.6 Å². The maximum absolute atomic E-state index is 13.6. The van der Waals surface area contributed by atoms with Gasteiger partial charge in [0.2, 0.25) is 17.6 Å². The number of nitrogens with zero attached hydrogens (tertiary/aromatic N) is 3. The summed E-state index contributed by atoms with van der Waals surface area (Å²) in [6.45, 7) is 2.74. The summed E-state index contributed by atoms with van der Waals surface area (Å²) in [6, 6.07) is 10.7. The van der Waals surface area contributed by atoms with E-state index in [4.69, 9.17) is 4.52 Å². The van der Waals surface area contributed by atoms with Gasteiger partial charge in [-0.1, -0.05) is 29.4 Å². The molecule has 164 valence electrons. The van der Waals surface area contributed by atoms with Crippen molar-refractivity contribution in [2.24, 2.45) is 5.92 Å². The molecule has 1 N–H and O–H groups in total. The smallest absolute Gasteiger partial charge is 0.241 e. The highest BCUT2D eigenvalue weighted by Gasteiger charge is 2.26. The highest BCUT2D eigenvalue weighted by atomic mass is 32.2. The van der Waals surface area contributed by atoms with E-state index in [2.05, 4.69) is 20.4 Å². The molecule has 9 heteroatoms. The minimum atomic E-state index is -0.176. The Kier molecular flexibility index (Phi) is 7.71. The molecule has 1 amide bonds. The van der Waals surface area contributed by atoms with Crippen molar-refractivity contribution in [1.82, 2.24) is 20.4 Å². The van der Waals surface area contributed by atoms with Crippen molar-refractivity contribution >= 4 is 29.0 Å². The van der Waals surface area contributed by atoms with Gasteiger partial charge in [-0.15, -0.1) is 11.3 Å². The lowest BCUT2D eigenvalue weighted by atomic mass is 9.97. The van der Waals surface area contributed by atoms with Gasteiger partial charge in [0.1, 0.15) is 5.82 Å². The topological polar surface area (TPSA) is 71.3 Å². The van der Waals surface area contributed by atoms with Crippen molar-refractivity contribution in [3.05, 3.63) is 59.0 Å². The van der Waals surface area contributed by atoms with Gasteiger partial charge >= 0.3 is 0 Å². The molecule has 1 fully saturated rings. The summed E-state index contributed by atoms with van der Waals surface area (Å²) in [5.74, 6) is 2.43. The van der Waals surface area contributed by atoms with Gasteiger partial charge in [-0.2, -0.15) is 16.7 Å². The molecule has 1 saturated heterocycles. The molecule has 1 aliphatic heterocycles. The first-order chi connectivity index (χ1) is 15.2. The first kappa shape index (κ1) is 22.0. The van der Waals surface area contributed by atoms with Crippen LogP contribution in [0, 0.1) is 11.7 Å². The predicted molar refractivity (Wildman–Crippen MR) is 121 cm³/mol. The van der Waals surface area contributed by atoms with Crippen LogP contribution in [0.4, 0.5) is 4.39 Å². The number of rotatable bonds is 9. The summed E-state index contributed by atoms with van der Waals surface area (Å²) >= 11 is 3.20. The van der Waals surface area contributed by atoms with Crippen molar-refractivity contribution in [2.45, 2.75) is 25.1 Å². The molecular formula is C22H25FN4O2S2. The summed E-state index contributed by atoms with van der Waals surface area (Å²) in [7, 11) is 0. The Morgan fingerprint density at radius 3 is 3.06 bits per heavy atom. The second-order valence-electron chi connectivity index (χ2n) is 7.50. The molecule has 3 heterocycles. The fraction of sp³-hybridized carbons (Fsp3) is 0.409. The van der Waals surface area contributed by atoms with Crippen molar-refractivity contribution in [2.75, 3.05) is 25.4 Å². The third kappa shape index (κ3) is 6.15. The minimum Gasteiger partial charge on any atom is -0.355 e. The van der Waals surface area contributed by atoms with Gasteiger partial charge in [-0.05, 0) is 42.5 Å². The normalized spacial score (nSPS) is 17.0. The number of piperidine rings is 1. The average molecular weight is 461 g/mol. The molecule has 3 aromatic rings. The van der Waals surface area contributed by atoms with Crippen LogP contribution in [0.5, 0.6) is 0 Å². The number of amides is 1. The van der Waals surface area contributed by atoms with E-state index in [1.54, 1.807) is 35.2 Å². The third-order valence-electron chi connectivity index (χ3n) is 5.21. The number of thioether (sulfide) groups is 1. The van der Waals surface area contributed by atoms with E-state index in [9.17, 15) is 9.18 Å². The van der Waals surface area contributed by atoms with Crippen molar-refractivity contribution in [1.29, 1.82) is 0 Å².